The van der Waals surface area contributed by atoms with Gasteiger partial charge in [0, 0.05) is 24.2 Å². The molecule has 1 aromatic heterocycles. The largest absolute Gasteiger partial charge is 0.469 e. The molecule has 1 aromatic rings. The summed E-state index contributed by atoms with van der Waals surface area (Å²) in [6.07, 6.45) is 6.84. The van der Waals surface area contributed by atoms with E-state index in [0.717, 1.165) is 25.0 Å². The Morgan fingerprint density at radius 2 is 2.04 bits per heavy atom. The van der Waals surface area contributed by atoms with Crippen LogP contribution in [0.3, 0.4) is 0 Å². The van der Waals surface area contributed by atoms with Crippen molar-refractivity contribution in [3.63, 3.8) is 0 Å². The fraction of sp³-hybridized carbons (Fsp3) is 0.750. The molecule has 1 N–H and O–H groups in total. The zero-order valence-corrected chi connectivity index (χ0v) is 14.9. The van der Waals surface area contributed by atoms with Gasteiger partial charge in [-0.2, -0.15) is 0 Å². The summed E-state index contributed by atoms with van der Waals surface area (Å²) < 4.78 is 5.45. The number of aliphatic hydroxyl groups is 1. The second-order valence-corrected chi connectivity index (χ2v) is 8.71. The Kier molecular flexibility index (Phi) is 3.99. The predicted molar refractivity (Wildman–Crippen MR) is 90.0 cm³/mol. The lowest BCUT2D eigenvalue weighted by atomic mass is 9.44. The van der Waals surface area contributed by atoms with Crippen LogP contribution in [0.1, 0.15) is 65.6 Å². The molecule has 3 nitrogen and oxygen atoms in total. The summed E-state index contributed by atoms with van der Waals surface area (Å²) in [7, 11) is 0. The van der Waals surface area contributed by atoms with E-state index in [1.165, 1.54) is 0 Å². The molecular weight excluding hydrogens is 288 g/mol. The van der Waals surface area contributed by atoms with Crippen LogP contribution >= 0.6 is 0 Å². The van der Waals surface area contributed by atoms with Crippen molar-refractivity contribution in [1.29, 1.82) is 0 Å². The van der Waals surface area contributed by atoms with Crippen LogP contribution in [0.15, 0.2) is 22.8 Å². The lowest BCUT2D eigenvalue weighted by Crippen LogP contribution is -2.64. The minimum absolute atomic E-state index is 0.113. The van der Waals surface area contributed by atoms with Crippen LogP contribution in [0.25, 0.3) is 0 Å². The molecule has 23 heavy (non-hydrogen) atoms. The molecule has 2 fully saturated rings. The van der Waals surface area contributed by atoms with Gasteiger partial charge in [-0.25, -0.2) is 0 Å². The molecule has 0 radical (unpaired) electrons. The number of Topliss-reactive ketones (excluding diaryl/α,β-unsaturated/α-hetero) is 1. The SMILES string of the molecule is CC1C(=O)CC2C(C)(C)CCC[C@]2(C)C1(O)CCc1ccco1. The lowest BCUT2D eigenvalue weighted by Gasteiger charge is -2.62. The Morgan fingerprint density at radius 3 is 2.70 bits per heavy atom. The topological polar surface area (TPSA) is 50.4 Å². The third-order valence-electron chi connectivity index (χ3n) is 7.16. The van der Waals surface area contributed by atoms with Gasteiger partial charge in [-0.15, -0.1) is 0 Å². The first kappa shape index (κ1) is 16.8. The van der Waals surface area contributed by atoms with Gasteiger partial charge in [0.2, 0.25) is 0 Å². The Bertz CT molecular complexity index is 574. The fourth-order valence-corrected chi connectivity index (χ4v) is 5.55. The van der Waals surface area contributed by atoms with E-state index >= 15 is 0 Å². The first-order chi connectivity index (χ1) is 10.7. The zero-order chi connectivity index (χ0) is 16.9. The van der Waals surface area contributed by atoms with Crippen molar-refractivity contribution in [1.82, 2.24) is 0 Å². The monoisotopic (exact) mass is 318 g/mol. The van der Waals surface area contributed by atoms with Crippen LogP contribution in [0.5, 0.6) is 0 Å². The number of carbonyl (C=O) groups is 1. The smallest absolute Gasteiger partial charge is 0.138 e. The van der Waals surface area contributed by atoms with Gasteiger partial charge in [-0.3, -0.25) is 4.79 Å². The van der Waals surface area contributed by atoms with Crippen molar-refractivity contribution in [2.24, 2.45) is 22.7 Å². The Hall–Kier alpha value is -1.09. The van der Waals surface area contributed by atoms with E-state index in [9.17, 15) is 9.90 Å². The highest BCUT2D eigenvalue weighted by atomic mass is 16.3. The molecular formula is C20H30O3. The van der Waals surface area contributed by atoms with Crippen molar-refractivity contribution >= 4 is 5.78 Å². The summed E-state index contributed by atoms with van der Waals surface area (Å²) in [6.45, 7) is 8.69. The summed E-state index contributed by atoms with van der Waals surface area (Å²) in [5.74, 6) is 1.07. The van der Waals surface area contributed by atoms with Gasteiger partial charge in [0.25, 0.3) is 0 Å². The minimum atomic E-state index is -0.947. The number of ketones is 1. The molecule has 4 atom stereocenters. The lowest BCUT2D eigenvalue weighted by molar-refractivity contribution is -0.209. The molecule has 3 rings (SSSR count). The van der Waals surface area contributed by atoms with Crippen LogP contribution in [0.4, 0.5) is 0 Å². The van der Waals surface area contributed by atoms with Crippen molar-refractivity contribution in [2.45, 2.75) is 71.8 Å². The zero-order valence-electron chi connectivity index (χ0n) is 14.9. The minimum Gasteiger partial charge on any atom is -0.469 e. The van der Waals surface area contributed by atoms with Gasteiger partial charge in [0.05, 0.1) is 11.9 Å². The number of hydrogen-bond donors (Lipinski definition) is 1. The molecule has 3 unspecified atom stereocenters. The van der Waals surface area contributed by atoms with Gasteiger partial charge in [0.15, 0.2) is 0 Å². The molecule has 0 aromatic carbocycles. The third kappa shape index (κ3) is 2.48. The highest BCUT2D eigenvalue weighted by molar-refractivity contribution is 5.83. The van der Waals surface area contributed by atoms with E-state index < -0.39 is 5.60 Å². The first-order valence-corrected chi connectivity index (χ1v) is 8.98. The van der Waals surface area contributed by atoms with E-state index in [4.69, 9.17) is 4.42 Å². The molecule has 128 valence electrons. The quantitative estimate of drug-likeness (QED) is 0.899. The number of carbonyl (C=O) groups excluding carboxylic acids is 1. The van der Waals surface area contributed by atoms with Crippen LogP contribution in [-0.2, 0) is 11.2 Å². The van der Waals surface area contributed by atoms with E-state index in [2.05, 4.69) is 20.8 Å². The number of hydrogen-bond acceptors (Lipinski definition) is 3. The molecule has 0 amide bonds. The average molecular weight is 318 g/mol. The molecule has 0 aliphatic heterocycles. The number of fused-ring (bicyclic) bond motifs is 1. The van der Waals surface area contributed by atoms with Crippen molar-refractivity contribution in [3.8, 4) is 0 Å². The Labute approximate surface area is 139 Å². The van der Waals surface area contributed by atoms with E-state index in [1.807, 2.05) is 19.1 Å². The molecule has 0 bridgehead atoms. The van der Waals surface area contributed by atoms with Crippen LogP contribution in [0, 0.1) is 22.7 Å². The maximum atomic E-state index is 12.7. The summed E-state index contributed by atoms with van der Waals surface area (Å²) in [6, 6.07) is 3.83. The second kappa shape index (κ2) is 5.47. The molecule has 2 aliphatic rings. The highest BCUT2D eigenvalue weighted by Gasteiger charge is 2.63. The third-order valence-corrected chi connectivity index (χ3v) is 7.16. The van der Waals surface area contributed by atoms with Gasteiger partial charge in [0.1, 0.15) is 11.5 Å². The van der Waals surface area contributed by atoms with Crippen LogP contribution in [-0.4, -0.2) is 16.5 Å². The molecule has 1 heterocycles. The van der Waals surface area contributed by atoms with E-state index in [0.29, 0.717) is 19.3 Å². The van der Waals surface area contributed by atoms with Gasteiger partial charge < -0.3 is 9.52 Å². The number of furan rings is 1. The first-order valence-electron chi connectivity index (χ1n) is 8.98. The van der Waals surface area contributed by atoms with Crippen molar-refractivity contribution in [2.75, 3.05) is 0 Å². The molecule has 2 aliphatic carbocycles. The molecule has 0 saturated heterocycles. The highest BCUT2D eigenvalue weighted by Crippen LogP contribution is 2.62. The maximum absolute atomic E-state index is 12.7. The predicted octanol–water partition coefficient (Wildman–Crippen LogP) is 4.38. The fourth-order valence-electron chi connectivity index (χ4n) is 5.55. The molecule has 2 saturated carbocycles. The van der Waals surface area contributed by atoms with Crippen LogP contribution < -0.4 is 0 Å². The molecule has 0 spiro atoms. The Morgan fingerprint density at radius 1 is 1.30 bits per heavy atom. The maximum Gasteiger partial charge on any atom is 0.138 e. The molecule has 3 heteroatoms. The number of aryl methyl sites for hydroxylation is 1. The number of rotatable bonds is 3. The van der Waals surface area contributed by atoms with Gasteiger partial charge >= 0.3 is 0 Å². The summed E-state index contributed by atoms with van der Waals surface area (Å²) in [5, 5.41) is 11.7. The summed E-state index contributed by atoms with van der Waals surface area (Å²) in [4.78, 5) is 12.7. The average Bonchev–Trinajstić information content (AvgIpc) is 2.99. The summed E-state index contributed by atoms with van der Waals surface area (Å²) in [5.41, 5.74) is -1.03. The van der Waals surface area contributed by atoms with Crippen molar-refractivity contribution in [3.05, 3.63) is 24.2 Å². The standard InChI is InChI=1S/C20H30O3/c1-14-16(21)13-17-18(2,3)9-6-10-19(17,4)20(14,22)11-8-15-7-5-12-23-15/h5,7,12,14,17,22H,6,8-11,13H2,1-4H3/t14?,17?,19-,20?/m0/s1. The van der Waals surface area contributed by atoms with Crippen molar-refractivity contribution < 1.29 is 14.3 Å². The van der Waals surface area contributed by atoms with Gasteiger partial charge in [-0.05, 0) is 42.7 Å². The van der Waals surface area contributed by atoms with Crippen LogP contribution in [0.2, 0.25) is 0 Å². The van der Waals surface area contributed by atoms with E-state index in [-0.39, 0.29) is 28.4 Å². The normalized spacial score (nSPS) is 40.0. The van der Waals surface area contributed by atoms with E-state index in [1.54, 1.807) is 6.26 Å². The Balaban J connectivity index is 1.95. The van der Waals surface area contributed by atoms with Gasteiger partial charge in [-0.1, -0.05) is 34.1 Å². The second-order valence-electron chi connectivity index (χ2n) is 8.71. The summed E-state index contributed by atoms with van der Waals surface area (Å²) >= 11 is 0.